The fourth-order valence-electron chi connectivity index (χ4n) is 2.28. The Morgan fingerprint density at radius 1 is 1.35 bits per heavy atom. The normalized spacial score (nSPS) is 19.2. The molecule has 0 aliphatic carbocycles. The third-order valence-corrected chi connectivity index (χ3v) is 3.56. The van der Waals surface area contributed by atoms with E-state index in [1.165, 1.54) is 11.3 Å². The number of thioether (sulfide) groups is 1. The zero-order chi connectivity index (χ0) is 12.3. The third-order valence-electron chi connectivity index (χ3n) is 2.97. The lowest BCUT2D eigenvalue weighted by molar-refractivity contribution is 0.0737. The molecule has 17 heavy (non-hydrogen) atoms. The van der Waals surface area contributed by atoms with E-state index in [0.717, 1.165) is 25.4 Å². The second kappa shape index (κ2) is 5.32. The molecule has 1 heterocycles. The highest BCUT2D eigenvalue weighted by Gasteiger charge is 2.28. The molecule has 1 aliphatic rings. The van der Waals surface area contributed by atoms with E-state index >= 15 is 0 Å². The first kappa shape index (κ1) is 12.8. The predicted octanol–water partition coefficient (Wildman–Crippen LogP) is 3.02. The molecule has 0 atom stereocenters. The van der Waals surface area contributed by atoms with Crippen molar-refractivity contribution in [2.45, 2.75) is 26.0 Å². The molecule has 2 rings (SSSR count). The zero-order valence-electron chi connectivity index (χ0n) is 10.9. The molecular formula is C14H21NOS. The van der Waals surface area contributed by atoms with E-state index in [9.17, 15) is 0 Å². The summed E-state index contributed by atoms with van der Waals surface area (Å²) in [5.74, 6) is 2.22. The molecule has 0 amide bonds. The summed E-state index contributed by atoms with van der Waals surface area (Å²) < 4.78 is 6.11. The smallest absolute Gasteiger partial charge is 0.124 e. The van der Waals surface area contributed by atoms with Crippen molar-refractivity contribution in [2.75, 3.05) is 25.1 Å². The van der Waals surface area contributed by atoms with Gasteiger partial charge in [0.25, 0.3) is 0 Å². The van der Waals surface area contributed by atoms with Gasteiger partial charge in [-0.05, 0) is 26.2 Å². The average molecular weight is 251 g/mol. The molecule has 1 aromatic carbocycles. The van der Waals surface area contributed by atoms with Crippen molar-refractivity contribution in [1.82, 2.24) is 4.90 Å². The van der Waals surface area contributed by atoms with Gasteiger partial charge in [-0.1, -0.05) is 18.2 Å². The lowest BCUT2D eigenvalue weighted by atomic mass is 10.1. The van der Waals surface area contributed by atoms with Crippen LogP contribution in [0, 0.1) is 0 Å². The molecule has 0 saturated carbocycles. The summed E-state index contributed by atoms with van der Waals surface area (Å²) in [7, 11) is 0. The quantitative estimate of drug-likeness (QED) is 0.819. The summed E-state index contributed by atoms with van der Waals surface area (Å²) >= 11 is 1.90. The molecule has 0 N–H and O–H groups in total. The summed E-state index contributed by atoms with van der Waals surface area (Å²) in [6.07, 6.45) is 2.16. The Kier molecular flexibility index (Phi) is 4.00. The minimum atomic E-state index is -0.106. The number of para-hydroxylation sites is 1. The number of rotatable bonds is 3. The number of nitrogens with zero attached hydrogens (tertiary/aromatic N) is 1. The number of benzene rings is 1. The molecule has 3 heteroatoms. The molecule has 0 radical (unpaired) electrons. The van der Waals surface area contributed by atoms with Gasteiger partial charge in [0.2, 0.25) is 0 Å². The lowest BCUT2D eigenvalue weighted by Crippen LogP contribution is -2.41. The van der Waals surface area contributed by atoms with E-state index in [-0.39, 0.29) is 5.60 Å². The Hall–Kier alpha value is -0.670. The van der Waals surface area contributed by atoms with Crippen molar-refractivity contribution < 1.29 is 4.74 Å². The predicted molar refractivity (Wildman–Crippen MR) is 74.8 cm³/mol. The fraction of sp³-hybridized carbons (Fsp3) is 0.571. The standard InChI is InChI=1S/C14H21NOS/c1-14(2)11-15(8-9-17-3)10-12-6-4-5-7-13(12)16-14/h4-7H,8-11H2,1-3H3. The minimum absolute atomic E-state index is 0.106. The number of hydrogen-bond donors (Lipinski definition) is 0. The lowest BCUT2D eigenvalue weighted by Gasteiger charge is -2.29. The maximum absolute atomic E-state index is 6.11. The van der Waals surface area contributed by atoms with Crippen molar-refractivity contribution in [1.29, 1.82) is 0 Å². The van der Waals surface area contributed by atoms with Crippen LogP contribution in [0.1, 0.15) is 19.4 Å². The van der Waals surface area contributed by atoms with Crippen LogP contribution in [0.4, 0.5) is 0 Å². The first-order valence-corrected chi connectivity index (χ1v) is 7.48. The monoisotopic (exact) mass is 251 g/mol. The molecule has 0 unspecified atom stereocenters. The van der Waals surface area contributed by atoms with E-state index in [1.54, 1.807) is 0 Å². The van der Waals surface area contributed by atoms with Crippen molar-refractivity contribution in [3.8, 4) is 5.75 Å². The van der Waals surface area contributed by atoms with Crippen LogP contribution in [-0.2, 0) is 6.54 Å². The first-order valence-electron chi connectivity index (χ1n) is 6.09. The molecule has 2 nitrogen and oxygen atoms in total. The van der Waals surface area contributed by atoms with Gasteiger partial charge in [-0.3, -0.25) is 4.90 Å². The van der Waals surface area contributed by atoms with Gasteiger partial charge in [-0.2, -0.15) is 11.8 Å². The molecule has 0 fully saturated rings. The minimum Gasteiger partial charge on any atom is -0.486 e. The van der Waals surface area contributed by atoms with Gasteiger partial charge in [0.15, 0.2) is 0 Å². The summed E-state index contributed by atoms with van der Waals surface area (Å²) in [4.78, 5) is 2.49. The van der Waals surface area contributed by atoms with Gasteiger partial charge in [-0.25, -0.2) is 0 Å². The average Bonchev–Trinajstić information content (AvgIpc) is 2.40. The third kappa shape index (κ3) is 3.39. The Balaban J connectivity index is 2.19. The molecule has 1 aliphatic heterocycles. The van der Waals surface area contributed by atoms with Gasteiger partial charge < -0.3 is 4.74 Å². The Morgan fingerprint density at radius 2 is 2.12 bits per heavy atom. The van der Waals surface area contributed by atoms with Gasteiger partial charge in [-0.15, -0.1) is 0 Å². The second-order valence-corrected chi connectivity index (χ2v) is 6.16. The molecule has 0 aromatic heterocycles. The summed E-state index contributed by atoms with van der Waals surface area (Å²) in [6, 6.07) is 8.39. The van der Waals surface area contributed by atoms with Gasteiger partial charge in [0, 0.05) is 31.0 Å². The molecule has 0 bridgehead atoms. The van der Waals surface area contributed by atoms with Crippen molar-refractivity contribution in [3.05, 3.63) is 29.8 Å². The summed E-state index contributed by atoms with van der Waals surface area (Å²) in [6.45, 7) is 7.45. The topological polar surface area (TPSA) is 12.5 Å². The van der Waals surface area contributed by atoms with E-state index in [4.69, 9.17) is 4.74 Å². The maximum Gasteiger partial charge on any atom is 0.124 e. The van der Waals surface area contributed by atoms with E-state index in [0.29, 0.717) is 0 Å². The molecule has 94 valence electrons. The molecule has 0 saturated heterocycles. The van der Waals surface area contributed by atoms with Crippen LogP contribution in [0.3, 0.4) is 0 Å². The number of hydrogen-bond acceptors (Lipinski definition) is 3. The Labute approximate surface area is 108 Å². The zero-order valence-corrected chi connectivity index (χ0v) is 11.7. The maximum atomic E-state index is 6.11. The van der Waals surface area contributed by atoms with Crippen LogP contribution in [0.25, 0.3) is 0 Å². The van der Waals surface area contributed by atoms with E-state index in [2.05, 4.69) is 43.2 Å². The van der Waals surface area contributed by atoms with Gasteiger partial charge >= 0.3 is 0 Å². The molecule has 0 spiro atoms. The van der Waals surface area contributed by atoms with Gasteiger partial charge in [0.05, 0.1) is 0 Å². The van der Waals surface area contributed by atoms with Crippen LogP contribution in [0.5, 0.6) is 5.75 Å². The van der Waals surface area contributed by atoms with Crippen LogP contribution >= 0.6 is 11.8 Å². The fourth-order valence-corrected chi connectivity index (χ4v) is 2.72. The van der Waals surface area contributed by atoms with Crippen LogP contribution in [-0.4, -0.2) is 35.6 Å². The SMILES string of the molecule is CSCCN1Cc2ccccc2OC(C)(C)C1. The Bertz CT molecular complexity index is 378. The number of ether oxygens (including phenoxy) is 1. The van der Waals surface area contributed by atoms with Crippen molar-refractivity contribution in [2.24, 2.45) is 0 Å². The van der Waals surface area contributed by atoms with Crippen LogP contribution < -0.4 is 4.74 Å². The summed E-state index contributed by atoms with van der Waals surface area (Å²) in [5, 5.41) is 0. The second-order valence-electron chi connectivity index (χ2n) is 5.17. The Morgan fingerprint density at radius 3 is 2.88 bits per heavy atom. The highest BCUT2D eigenvalue weighted by atomic mass is 32.2. The van der Waals surface area contributed by atoms with Crippen molar-refractivity contribution >= 4 is 11.8 Å². The summed E-state index contributed by atoms with van der Waals surface area (Å²) in [5.41, 5.74) is 1.20. The van der Waals surface area contributed by atoms with Gasteiger partial charge in [0.1, 0.15) is 11.4 Å². The first-order chi connectivity index (χ1) is 8.11. The van der Waals surface area contributed by atoms with Crippen LogP contribution in [0.2, 0.25) is 0 Å². The highest BCUT2D eigenvalue weighted by molar-refractivity contribution is 7.98. The van der Waals surface area contributed by atoms with Crippen molar-refractivity contribution in [3.63, 3.8) is 0 Å². The van der Waals surface area contributed by atoms with Crippen LogP contribution in [0.15, 0.2) is 24.3 Å². The molecular weight excluding hydrogens is 230 g/mol. The largest absolute Gasteiger partial charge is 0.486 e. The van der Waals surface area contributed by atoms with E-state index in [1.807, 2.05) is 17.8 Å². The molecule has 1 aromatic rings. The highest BCUT2D eigenvalue weighted by Crippen LogP contribution is 2.28. The number of fused-ring (bicyclic) bond motifs is 1. The van der Waals surface area contributed by atoms with E-state index < -0.39 is 0 Å².